The van der Waals surface area contributed by atoms with Gasteiger partial charge in [-0.1, -0.05) is 39.7 Å². The Morgan fingerprint density at radius 3 is 2.65 bits per heavy atom. The first-order valence-corrected chi connectivity index (χ1v) is 6.98. The first-order chi connectivity index (χ1) is 9.54. The smallest absolute Gasteiger partial charge is 0.314 e. The molecule has 0 aromatic heterocycles. The van der Waals surface area contributed by atoms with E-state index in [9.17, 15) is 14.5 Å². The molecule has 0 radical (unpaired) electrons. The van der Waals surface area contributed by atoms with Crippen LogP contribution in [0.4, 0.5) is 10.1 Å². The van der Waals surface area contributed by atoms with Crippen molar-refractivity contribution in [3.63, 3.8) is 0 Å². The number of nitrogens with zero attached hydrogens (tertiary/aromatic N) is 1. The van der Waals surface area contributed by atoms with Crippen LogP contribution in [0.25, 0.3) is 0 Å². The number of hydrogen-bond donors (Lipinski definition) is 0. The van der Waals surface area contributed by atoms with Gasteiger partial charge in [-0.3, -0.25) is 10.1 Å². The van der Waals surface area contributed by atoms with Gasteiger partial charge in [0.15, 0.2) is 5.82 Å². The molecular formula is C13H8BrClFNO3. The standard InChI is InChI=1S/C13H8BrClFNO3/c14-7-8-9(15)3-1-6-12(8)20-13-10(16)4-2-5-11(13)17(18)19/h1-6H,7H2. The summed E-state index contributed by atoms with van der Waals surface area (Å²) in [7, 11) is 0. The van der Waals surface area contributed by atoms with Crippen molar-refractivity contribution in [3.8, 4) is 11.5 Å². The summed E-state index contributed by atoms with van der Waals surface area (Å²) in [5.74, 6) is -0.968. The minimum Gasteiger partial charge on any atom is -0.447 e. The minimum absolute atomic E-state index is 0.266. The zero-order chi connectivity index (χ0) is 14.7. The van der Waals surface area contributed by atoms with Gasteiger partial charge in [-0.25, -0.2) is 4.39 Å². The third-order valence-corrected chi connectivity index (χ3v) is 3.48. The van der Waals surface area contributed by atoms with Gasteiger partial charge in [-0.15, -0.1) is 0 Å². The summed E-state index contributed by atoms with van der Waals surface area (Å²) in [6.07, 6.45) is 0. The van der Waals surface area contributed by atoms with Gasteiger partial charge in [0, 0.05) is 22.0 Å². The lowest BCUT2D eigenvalue weighted by Gasteiger charge is -2.11. The maximum atomic E-state index is 13.8. The zero-order valence-corrected chi connectivity index (χ0v) is 12.3. The molecule has 4 nitrogen and oxygen atoms in total. The molecule has 0 unspecified atom stereocenters. The number of nitro groups is 1. The zero-order valence-electron chi connectivity index (χ0n) is 9.98. The predicted molar refractivity (Wildman–Crippen MR) is 77.2 cm³/mol. The highest BCUT2D eigenvalue weighted by atomic mass is 79.9. The van der Waals surface area contributed by atoms with Crippen molar-refractivity contribution >= 4 is 33.2 Å². The van der Waals surface area contributed by atoms with Crippen LogP contribution in [0.3, 0.4) is 0 Å². The van der Waals surface area contributed by atoms with Gasteiger partial charge in [0.2, 0.25) is 5.75 Å². The largest absolute Gasteiger partial charge is 0.447 e. The summed E-state index contributed by atoms with van der Waals surface area (Å²) in [5, 5.41) is 11.7. The number of nitro benzene ring substituents is 1. The van der Waals surface area contributed by atoms with Gasteiger partial charge in [-0.05, 0) is 18.2 Å². The first kappa shape index (κ1) is 14.7. The first-order valence-electron chi connectivity index (χ1n) is 5.48. The van der Waals surface area contributed by atoms with Gasteiger partial charge in [0.25, 0.3) is 0 Å². The van der Waals surface area contributed by atoms with E-state index in [1.165, 1.54) is 12.1 Å². The van der Waals surface area contributed by atoms with E-state index in [0.717, 1.165) is 6.07 Å². The molecule has 7 heteroatoms. The van der Waals surface area contributed by atoms with Crippen LogP contribution in [0.1, 0.15) is 5.56 Å². The fourth-order valence-corrected chi connectivity index (χ4v) is 2.59. The molecule has 0 fully saturated rings. The van der Waals surface area contributed by atoms with Gasteiger partial charge in [-0.2, -0.15) is 0 Å². The van der Waals surface area contributed by atoms with E-state index in [0.29, 0.717) is 15.9 Å². The van der Waals surface area contributed by atoms with Crippen molar-refractivity contribution in [2.24, 2.45) is 0 Å². The second-order valence-corrected chi connectivity index (χ2v) is 4.77. The molecule has 0 spiro atoms. The van der Waals surface area contributed by atoms with Crippen molar-refractivity contribution in [1.29, 1.82) is 0 Å². The summed E-state index contributed by atoms with van der Waals surface area (Å²) in [6.45, 7) is 0. The Morgan fingerprint density at radius 1 is 1.30 bits per heavy atom. The predicted octanol–water partition coefficient (Wildman–Crippen LogP) is 5.07. The average Bonchev–Trinajstić information content (AvgIpc) is 2.41. The fraction of sp³-hybridized carbons (Fsp3) is 0.0769. The summed E-state index contributed by atoms with van der Waals surface area (Å²) >= 11 is 9.25. The topological polar surface area (TPSA) is 52.4 Å². The van der Waals surface area contributed by atoms with Crippen LogP contribution in [0.15, 0.2) is 36.4 Å². The molecule has 2 rings (SSSR count). The lowest BCUT2D eigenvalue weighted by Crippen LogP contribution is -1.98. The van der Waals surface area contributed by atoms with Crippen LogP contribution in [-0.4, -0.2) is 4.92 Å². The minimum atomic E-state index is -0.806. The number of hydrogen-bond acceptors (Lipinski definition) is 3. The SMILES string of the molecule is O=[N+]([O-])c1cccc(F)c1Oc1cccc(Cl)c1CBr. The van der Waals surface area contributed by atoms with Crippen LogP contribution in [0.2, 0.25) is 5.02 Å². The lowest BCUT2D eigenvalue weighted by molar-refractivity contribution is -0.385. The van der Waals surface area contributed by atoms with Crippen molar-refractivity contribution < 1.29 is 14.1 Å². The Balaban J connectivity index is 2.50. The molecule has 0 N–H and O–H groups in total. The number of para-hydroxylation sites is 1. The molecule has 0 amide bonds. The molecule has 0 heterocycles. The van der Waals surface area contributed by atoms with E-state index in [2.05, 4.69) is 15.9 Å². The molecule has 0 atom stereocenters. The quantitative estimate of drug-likeness (QED) is 0.434. The van der Waals surface area contributed by atoms with E-state index < -0.39 is 22.2 Å². The summed E-state index contributed by atoms with van der Waals surface area (Å²) in [5.41, 5.74) is 0.150. The molecule has 0 saturated carbocycles. The third kappa shape index (κ3) is 2.91. The normalized spacial score (nSPS) is 10.3. The van der Waals surface area contributed by atoms with Crippen molar-refractivity contribution in [2.75, 3.05) is 0 Å². The molecule has 0 aliphatic heterocycles. The van der Waals surface area contributed by atoms with Crippen LogP contribution in [0, 0.1) is 15.9 Å². The molecular weight excluding hydrogens is 353 g/mol. The van der Waals surface area contributed by atoms with Crippen LogP contribution >= 0.6 is 27.5 Å². The maximum Gasteiger partial charge on any atom is 0.314 e. The van der Waals surface area contributed by atoms with E-state index in [1.807, 2.05) is 0 Å². The Hall–Kier alpha value is -1.66. The maximum absolute atomic E-state index is 13.8. The number of benzene rings is 2. The summed E-state index contributed by atoms with van der Waals surface area (Å²) < 4.78 is 19.1. The molecule has 0 aliphatic rings. The van der Waals surface area contributed by atoms with Crippen molar-refractivity contribution in [2.45, 2.75) is 5.33 Å². The van der Waals surface area contributed by atoms with E-state index >= 15 is 0 Å². The molecule has 20 heavy (non-hydrogen) atoms. The Labute approximate surface area is 127 Å². The monoisotopic (exact) mass is 359 g/mol. The van der Waals surface area contributed by atoms with E-state index in [-0.39, 0.29) is 5.75 Å². The van der Waals surface area contributed by atoms with E-state index in [4.69, 9.17) is 16.3 Å². The summed E-state index contributed by atoms with van der Waals surface area (Å²) in [4.78, 5) is 10.2. The summed E-state index contributed by atoms with van der Waals surface area (Å²) in [6, 6.07) is 8.37. The Morgan fingerprint density at radius 2 is 2.00 bits per heavy atom. The second kappa shape index (κ2) is 6.19. The Bertz CT molecular complexity index is 666. The van der Waals surface area contributed by atoms with Gasteiger partial charge in [0.1, 0.15) is 5.75 Å². The van der Waals surface area contributed by atoms with Gasteiger partial charge in [0.05, 0.1) is 4.92 Å². The third-order valence-electron chi connectivity index (χ3n) is 2.56. The van der Waals surface area contributed by atoms with Crippen molar-refractivity contribution in [1.82, 2.24) is 0 Å². The molecule has 2 aromatic rings. The highest BCUT2D eigenvalue weighted by Gasteiger charge is 2.21. The van der Waals surface area contributed by atoms with Crippen LogP contribution in [0.5, 0.6) is 11.5 Å². The van der Waals surface area contributed by atoms with Gasteiger partial charge >= 0.3 is 5.69 Å². The van der Waals surface area contributed by atoms with Gasteiger partial charge < -0.3 is 4.74 Å². The molecule has 2 aromatic carbocycles. The number of rotatable bonds is 4. The number of ether oxygens (including phenoxy) is 1. The highest BCUT2D eigenvalue weighted by Crippen LogP contribution is 2.37. The van der Waals surface area contributed by atoms with Crippen molar-refractivity contribution in [3.05, 3.63) is 62.9 Å². The molecule has 0 saturated heterocycles. The molecule has 104 valence electrons. The second-order valence-electron chi connectivity index (χ2n) is 3.80. The molecule has 0 aliphatic carbocycles. The number of halogens is 3. The van der Waals surface area contributed by atoms with E-state index in [1.54, 1.807) is 18.2 Å². The average molecular weight is 361 g/mol. The number of alkyl halides is 1. The lowest BCUT2D eigenvalue weighted by atomic mass is 10.2. The van der Waals surface area contributed by atoms with Crippen LogP contribution < -0.4 is 4.74 Å². The molecule has 0 bridgehead atoms. The Kier molecular flexibility index (Phi) is 4.57. The fourth-order valence-electron chi connectivity index (χ4n) is 1.62. The highest BCUT2D eigenvalue weighted by molar-refractivity contribution is 9.08. The van der Waals surface area contributed by atoms with Crippen LogP contribution in [-0.2, 0) is 5.33 Å².